The van der Waals surface area contributed by atoms with E-state index in [1.54, 1.807) is 36.4 Å². The Labute approximate surface area is 181 Å². The molecule has 0 saturated carbocycles. The molecule has 32 heavy (non-hydrogen) atoms. The van der Waals surface area contributed by atoms with Crippen molar-refractivity contribution in [1.82, 2.24) is 0 Å². The first kappa shape index (κ1) is 20.1. The lowest BCUT2D eigenvalue weighted by Crippen LogP contribution is -2.24. The highest BCUT2D eigenvalue weighted by Gasteiger charge is 2.21. The second-order valence-corrected chi connectivity index (χ2v) is 7.68. The van der Waals surface area contributed by atoms with Crippen LogP contribution in [0, 0.1) is 0 Å². The van der Waals surface area contributed by atoms with E-state index in [0.717, 1.165) is 19.3 Å². The van der Waals surface area contributed by atoms with Gasteiger partial charge < -0.3 is 28.5 Å². The molecule has 0 radical (unpaired) electrons. The molecule has 5 rings (SSSR count). The van der Waals surface area contributed by atoms with Crippen molar-refractivity contribution in [3.63, 3.8) is 0 Å². The predicted octanol–water partition coefficient (Wildman–Crippen LogP) is 3.81. The highest BCUT2D eigenvalue weighted by Crippen LogP contribution is 2.33. The number of benzene rings is 2. The zero-order chi connectivity index (χ0) is 22.2. The van der Waals surface area contributed by atoms with Gasteiger partial charge in [0.2, 0.25) is 0 Å². The number of ether oxygens (including phenoxy) is 2. The summed E-state index contributed by atoms with van der Waals surface area (Å²) in [7, 11) is 0. The SMILES string of the molecule is O=c1oc2ccccc2c(O)c1Cc1c(O)c2ccc(OC3CCCCO3)cc2oc1=O. The van der Waals surface area contributed by atoms with Gasteiger partial charge in [-0.15, -0.1) is 0 Å². The Morgan fingerprint density at radius 1 is 0.875 bits per heavy atom. The summed E-state index contributed by atoms with van der Waals surface area (Å²) >= 11 is 0. The van der Waals surface area contributed by atoms with E-state index < -0.39 is 11.3 Å². The molecule has 2 aromatic carbocycles. The van der Waals surface area contributed by atoms with Gasteiger partial charge in [-0.2, -0.15) is 0 Å². The van der Waals surface area contributed by atoms with Crippen molar-refractivity contribution in [1.29, 1.82) is 0 Å². The third-order valence-corrected chi connectivity index (χ3v) is 5.58. The molecule has 0 aliphatic carbocycles. The van der Waals surface area contributed by atoms with E-state index in [1.807, 2.05) is 0 Å². The average Bonchev–Trinajstić information content (AvgIpc) is 2.79. The van der Waals surface area contributed by atoms with Crippen LogP contribution in [0.3, 0.4) is 0 Å². The number of hydrogen-bond donors (Lipinski definition) is 2. The Morgan fingerprint density at radius 2 is 1.56 bits per heavy atom. The summed E-state index contributed by atoms with van der Waals surface area (Å²) in [6.07, 6.45) is 2.05. The fourth-order valence-corrected chi connectivity index (χ4v) is 3.89. The summed E-state index contributed by atoms with van der Waals surface area (Å²) in [6, 6.07) is 11.2. The van der Waals surface area contributed by atoms with Crippen LogP contribution in [-0.2, 0) is 11.2 Å². The molecule has 0 spiro atoms. The van der Waals surface area contributed by atoms with Crippen molar-refractivity contribution in [2.24, 2.45) is 0 Å². The van der Waals surface area contributed by atoms with Crippen LogP contribution in [0.25, 0.3) is 21.9 Å². The molecule has 1 saturated heterocycles. The lowest BCUT2D eigenvalue weighted by atomic mass is 10.0. The summed E-state index contributed by atoms with van der Waals surface area (Å²) in [5, 5.41) is 21.9. The minimum absolute atomic E-state index is 0.138. The molecule has 1 unspecified atom stereocenters. The summed E-state index contributed by atoms with van der Waals surface area (Å²) in [4.78, 5) is 25.0. The van der Waals surface area contributed by atoms with Crippen LogP contribution in [0.4, 0.5) is 0 Å². The van der Waals surface area contributed by atoms with Gasteiger partial charge in [0.25, 0.3) is 0 Å². The van der Waals surface area contributed by atoms with Crippen molar-refractivity contribution >= 4 is 21.9 Å². The van der Waals surface area contributed by atoms with Gasteiger partial charge in [-0.3, -0.25) is 0 Å². The number of hydrogen-bond acceptors (Lipinski definition) is 8. The van der Waals surface area contributed by atoms with Gasteiger partial charge in [-0.25, -0.2) is 9.59 Å². The molecule has 3 heterocycles. The van der Waals surface area contributed by atoms with Crippen LogP contribution in [0.15, 0.2) is 60.9 Å². The topological polar surface area (TPSA) is 119 Å². The minimum atomic E-state index is -0.826. The maximum atomic E-state index is 12.6. The first-order valence-electron chi connectivity index (χ1n) is 10.3. The third-order valence-electron chi connectivity index (χ3n) is 5.58. The van der Waals surface area contributed by atoms with Gasteiger partial charge in [0, 0.05) is 18.9 Å². The van der Waals surface area contributed by atoms with E-state index in [1.165, 1.54) is 6.07 Å². The van der Waals surface area contributed by atoms with Gasteiger partial charge in [0.1, 0.15) is 28.4 Å². The molecular formula is C24H20O8. The Morgan fingerprint density at radius 3 is 2.28 bits per heavy atom. The summed E-state index contributed by atoms with van der Waals surface area (Å²) in [6.45, 7) is 0.632. The molecule has 1 aliphatic heterocycles. The first-order valence-corrected chi connectivity index (χ1v) is 10.3. The highest BCUT2D eigenvalue weighted by atomic mass is 16.7. The smallest absolute Gasteiger partial charge is 0.343 e. The standard InChI is InChI=1S/C24H20O8/c25-21-14-5-1-2-6-18(14)31-23(27)16(21)12-17-22(26)15-9-8-13(11-19(15)32-24(17)28)30-20-7-3-4-10-29-20/h1-2,5-6,8-9,11,20,25-26H,3-4,7,10,12H2. The highest BCUT2D eigenvalue weighted by molar-refractivity contribution is 5.86. The lowest BCUT2D eigenvalue weighted by molar-refractivity contribution is -0.105. The maximum Gasteiger partial charge on any atom is 0.343 e. The van der Waals surface area contributed by atoms with Gasteiger partial charge in [-0.05, 0) is 37.1 Å². The van der Waals surface area contributed by atoms with Crippen LogP contribution >= 0.6 is 0 Å². The van der Waals surface area contributed by atoms with Gasteiger partial charge >= 0.3 is 11.3 Å². The van der Waals surface area contributed by atoms with Crippen LogP contribution < -0.4 is 16.0 Å². The number of rotatable bonds is 4. The Kier molecular flexibility index (Phi) is 5.07. The molecule has 164 valence electrons. The fourth-order valence-electron chi connectivity index (χ4n) is 3.89. The van der Waals surface area contributed by atoms with Gasteiger partial charge in [0.05, 0.1) is 28.5 Å². The first-order chi connectivity index (χ1) is 15.5. The van der Waals surface area contributed by atoms with E-state index in [9.17, 15) is 19.8 Å². The van der Waals surface area contributed by atoms with E-state index in [4.69, 9.17) is 18.3 Å². The normalized spacial score (nSPS) is 16.4. The minimum Gasteiger partial charge on any atom is -0.507 e. The van der Waals surface area contributed by atoms with E-state index in [-0.39, 0.29) is 51.9 Å². The van der Waals surface area contributed by atoms with Crippen molar-refractivity contribution in [2.75, 3.05) is 6.61 Å². The molecule has 8 heteroatoms. The summed E-state index contributed by atoms with van der Waals surface area (Å²) in [5.41, 5.74) is -1.55. The van der Waals surface area contributed by atoms with Crippen molar-refractivity contribution in [3.8, 4) is 17.2 Å². The van der Waals surface area contributed by atoms with E-state index >= 15 is 0 Å². The summed E-state index contributed by atoms with van der Waals surface area (Å²) < 4.78 is 22.0. The molecule has 0 bridgehead atoms. The zero-order valence-corrected chi connectivity index (χ0v) is 17.0. The predicted molar refractivity (Wildman–Crippen MR) is 115 cm³/mol. The second-order valence-electron chi connectivity index (χ2n) is 7.68. The average molecular weight is 436 g/mol. The molecule has 1 atom stereocenters. The number of aromatic hydroxyl groups is 2. The van der Waals surface area contributed by atoms with Crippen LogP contribution in [0.1, 0.15) is 30.4 Å². The van der Waals surface area contributed by atoms with Crippen LogP contribution in [-0.4, -0.2) is 23.1 Å². The molecule has 0 amide bonds. The number of fused-ring (bicyclic) bond motifs is 2. The number of para-hydroxylation sites is 1. The Balaban J connectivity index is 1.53. The van der Waals surface area contributed by atoms with E-state index in [2.05, 4.69) is 0 Å². The van der Waals surface area contributed by atoms with Crippen LogP contribution in [0.5, 0.6) is 17.2 Å². The molecule has 2 aromatic heterocycles. The molecule has 1 fully saturated rings. The van der Waals surface area contributed by atoms with Gasteiger partial charge in [0.15, 0.2) is 6.29 Å². The van der Waals surface area contributed by atoms with E-state index in [0.29, 0.717) is 17.7 Å². The molecule has 8 nitrogen and oxygen atoms in total. The third kappa shape index (κ3) is 3.58. The lowest BCUT2D eigenvalue weighted by Gasteiger charge is -2.23. The molecular weight excluding hydrogens is 416 g/mol. The zero-order valence-electron chi connectivity index (χ0n) is 17.0. The van der Waals surface area contributed by atoms with Crippen molar-refractivity contribution in [2.45, 2.75) is 32.0 Å². The quantitative estimate of drug-likeness (QED) is 0.464. The molecule has 2 N–H and O–H groups in total. The van der Waals surface area contributed by atoms with Gasteiger partial charge in [-0.1, -0.05) is 12.1 Å². The Hall–Kier alpha value is -3.78. The van der Waals surface area contributed by atoms with Crippen molar-refractivity contribution < 1.29 is 28.5 Å². The Bertz CT molecular complexity index is 1430. The summed E-state index contributed by atoms with van der Waals surface area (Å²) in [5.74, 6) is -0.178. The molecule has 1 aliphatic rings. The molecule has 4 aromatic rings. The second kappa shape index (κ2) is 8.05. The largest absolute Gasteiger partial charge is 0.507 e. The monoisotopic (exact) mass is 436 g/mol. The van der Waals surface area contributed by atoms with Crippen LogP contribution in [0.2, 0.25) is 0 Å². The maximum absolute atomic E-state index is 12.6. The fraction of sp³-hybridized carbons (Fsp3) is 0.250. The van der Waals surface area contributed by atoms with Crippen molar-refractivity contribution in [3.05, 3.63) is 74.4 Å².